The summed E-state index contributed by atoms with van der Waals surface area (Å²) < 4.78 is 34.9. The Bertz CT molecular complexity index is 944. The molecule has 1 fully saturated rings. The van der Waals surface area contributed by atoms with Crippen molar-refractivity contribution in [2.45, 2.75) is 19.1 Å². The van der Waals surface area contributed by atoms with Gasteiger partial charge in [0.05, 0.1) is 0 Å². The molecule has 2 heterocycles. The number of halogens is 3. The molecule has 0 unspecified atom stereocenters. The van der Waals surface area contributed by atoms with Crippen LogP contribution >= 0.6 is 11.6 Å². The minimum atomic E-state index is -3.70. The van der Waals surface area contributed by atoms with E-state index in [0.717, 1.165) is 0 Å². The summed E-state index contributed by atoms with van der Waals surface area (Å²) in [7, 11) is 0. The lowest BCUT2D eigenvalue weighted by Crippen LogP contribution is -2.41. The first-order valence-corrected chi connectivity index (χ1v) is 9.44. The second-order valence-electron chi connectivity index (χ2n) is 6.89. The summed E-state index contributed by atoms with van der Waals surface area (Å²) in [6, 6.07) is 10.8. The smallest absolute Gasteiger partial charge is 0.395 e. The van der Waals surface area contributed by atoms with Crippen molar-refractivity contribution < 1.29 is 27.8 Å². The second-order valence-corrected chi connectivity index (χ2v) is 7.33. The number of amides is 2. The fourth-order valence-corrected chi connectivity index (χ4v) is 3.52. The van der Waals surface area contributed by atoms with Crippen LogP contribution in [0.25, 0.3) is 0 Å². The summed E-state index contributed by atoms with van der Waals surface area (Å²) >= 11 is 5.85. The zero-order valence-corrected chi connectivity index (χ0v) is 15.9. The van der Waals surface area contributed by atoms with Crippen LogP contribution in [0, 0.1) is 5.92 Å². The largest absolute Gasteiger partial charge is 0.586 e. The highest BCUT2D eigenvalue weighted by molar-refractivity contribution is 6.30. The highest BCUT2D eigenvalue weighted by Crippen LogP contribution is 2.42. The van der Waals surface area contributed by atoms with E-state index in [9.17, 15) is 18.4 Å². The van der Waals surface area contributed by atoms with Gasteiger partial charge in [-0.15, -0.1) is 8.78 Å². The van der Waals surface area contributed by atoms with Gasteiger partial charge in [-0.2, -0.15) is 0 Å². The average molecular weight is 423 g/mol. The Morgan fingerprint density at radius 1 is 1.03 bits per heavy atom. The molecule has 0 saturated carbocycles. The van der Waals surface area contributed by atoms with Gasteiger partial charge in [-0.25, -0.2) is 0 Å². The van der Waals surface area contributed by atoms with Crippen LogP contribution in [0.4, 0.5) is 14.5 Å². The number of hydrogen-bond donors (Lipinski definition) is 1. The molecule has 0 radical (unpaired) electrons. The molecule has 0 bridgehead atoms. The molecular weight excluding hydrogens is 406 g/mol. The maximum Gasteiger partial charge on any atom is 0.586 e. The highest BCUT2D eigenvalue weighted by atomic mass is 35.5. The standard InChI is InChI=1S/C20H17ClF2N2O4/c21-14-3-1-13(2-4-14)19(27)25-9-7-12(8-10-25)18(26)24-15-5-6-16-17(11-15)29-20(22,23)28-16/h1-6,11-12H,7-10H2,(H,24,26). The predicted molar refractivity (Wildman–Crippen MR) is 101 cm³/mol. The SMILES string of the molecule is O=C(Nc1ccc2c(c1)OC(F)(F)O2)C1CCN(C(=O)c2ccc(Cl)cc2)CC1. The zero-order chi connectivity index (χ0) is 20.6. The molecule has 0 atom stereocenters. The fraction of sp³-hybridized carbons (Fsp3) is 0.300. The molecule has 2 aromatic carbocycles. The lowest BCUT2D eigenvalue weighted by Gasteiger charge is -2.31. The summed E-state index contributed by atoms with van der Waals surface area (Å²) in [4.78, 5) is 26.8. The first kappa shape index (κ1) is 19.4. The highest BCUT2D eigenvalue weighted by Gasteiger charge is 2.43. The topological polar surface area (TPSA) is 67.9 Å². The summed E-state index contributed by atoms with van der Waals surface area (Å²) in [5.41, 5.74) is 0.893. The van der Waals surface area contributed by atoms with Crippen LogP contribution in [0.3, 0.4) is 0 Å². The van der Waals surface area contributed by atoms with Gasteiger partial charge in [-0.3, -0.25) is 9.59 Å². The Morgan fingerprint density at radius 2 is 1.69 bits per heavy atom. The van der Waals surface area contributed by atoms with Gasteiger partial charge in [0.1, 0.15) is 0 Å². The maximum absolute atomic E-state index is 13.1. The second kappa shape index (κ2) is 7.51. The minimum absolute atomic E-state index is 0.0815. The summed E-state index contributed by atoms with van der Waals surface area (Å²) in [6.07, 6.45) is -2.68. The number of piperidine rings is 1. The lowest BCUT2D eigenvalue weighted by molar-refractivity contribution is -0.286. The van der Waals surface area contributed by atoms with Crippen LogP contribution in [0.2, 0.25) is 5.02 Å². The minimum Gasteiger partial charge on any atom is -0.395 e. The number of benzene rings is 2. The van der Waals surface area contributed by atoms with Crippen molar-refractivity contribution in [2.75, 3.05) is 18.4 Å². The molecule has 4 rings (SSSR count). The molecule has 0 spiro atoms. The number of nitrogens with zero attached hydrogens (tertiary/aromatic N) is 1. The predicted octanol–water partition coefficient (Wildman–Crippen LogP) is 4.15. The van der Waals surface area contributed by atoms with E-state index < -0.39 is 6.29 Å². The van der Waals surface area contributed by atoms with E-state index in [0.29, 0.717) is 42.2 Å². The van der Waals surface area contributed by atoms with Crippen molar-refractivity contribution in [3.8, 4) is 11.5 Å². The number of rotatable bonds is 3. The van der Waals surface area contributed by atoms with Crippen LogP contribution in [0.1, 0.15) is 23.2 Å². The molecule has 152 valence electrons. The quantitative estimate of drug-likeness (QED) is 0.806. The Hall–Kier alpha value is -2.87. The van der Waals surface area contributed by atoms with Crippen LogP contribution < -0.4 is 14.8 Å². The monoisotopic (exact) mass is 422 g/mol. The van der Waals surface area contributed by atoms with Crippen molar-refractivity contribution >= 4 is 29.1 Å². The number of fused-ring (bicyclic) bond motifs is 1. The van der Waals surface area contributed by atoms with Crippen LogP contribution in [-0.4, -0.2) is 36.1 Å². The van der Waals surface area contributed by atoms with Gasteiger partial charge in [0.25, 0.3) is 5.91 Å². The summed E-state index contributed by atoms with van der Waals surface area (Å²) in [5.74, 6) is -0.819. The fourth-order valence-electron chi connectivity index (χ4n) is 3.39. The number of anilines is 1. The van der Waals surface area contributed by atoms with Crippen LogP contribution in [0.15, 0.2) is 42.5 Å². The molecule has 2 aliphatic rings. The van der Waals surface area contributed by atoms with E-state index in [2.05, 4.69) is 14.8 Å². The van der Waals surface area contributed by atoms with E-state index in [1.165, 1.54) is 18.2 Å². The summed E-state index contributed by atoms with van der Waals surface area (Å²) in [5, 5.41) is 3.27. The maximum atomic E-state index is 13.1. The van der Waals surface area contributed by atoms with Crippen LogP contribution in [0.5, 0.6) is 11.5 Å². The lowest BCUT2D eigenvalue weighted by atomic mass is 9.95. The third-order valence-electron chi connectivity index (χ3n) is 4.91. The Kier molecular flexibility index (Phi) is 5.04. The number of carbonyl (C=O) groups excluding carboxylic acids is 2. The number of likely N-dealkylation sites (tertiary alicyclic amines) is 1. The molecule has 1 saturated heterocycles. The molecule has 2 aromatic rings. The molecule has 1 N–H and O–H groups in total. The average Bonchev–Trinajstić information content (AvgIpc) is 3.01. The van der Waals surface area contributed by atoms with Gasteiger partial charge in [-0.05, 0) is 49.2 Å². The molecule has 2 aliphatic heterocycles. The first-order chi connectivity index (χ1) is 13.8. The zero-order valence-electron chi connectivity index (χ0n) is 15.2. The molecular formula is C20H17ClF2N2O4. The van der Waals surface area contributed by atoms with E-state index in [1.54, 1.807) is 29.2 Å². The van der Waals surface area contributed by atoms with Crippen molar-refractivity contribution in [1.29, 1.82) is 0 Å². The van der Waals surface area contributed by atoms with Gasteiger partial charge < -0.3 is 19.7 Å². The van der Waals surface area contributed by atoms with E-state index in [1.807, 2.05) is 0 Å². The number of ether oxygens (including phenoxy) is 2. The van der Waals surface area contributed by atoms with Crippen LogP contribution in [-0.2, 0) is 4.79 Å². The van der Waals surface area contributed by atoms with Crippen molar-refractivity contribution in [1.82, 2.24) is 4.90 Å². The third kappa shape index (κ3) is 4.27. The van der Waals surface area contributed by atoms with Gasteiger partial charge in [0.15, 0.2) is 11.5 Å². The number of hydrogen-bond acceptors (Lipinski definition) is 4. The Balaban J connectivity index is 1.33. The van der Waals surface area contributed by atoms with E-state index >= 15 is 0 Å². The molecule has 0 aliphatic carbocycles. The third-order valence-corrected chi connectivity index (χ3v) is 5.16. The first-order valence-electron chi connectivity index (χ1n) is 9.06. The van der Waals surface area contributed by atoms with Gasteiger partial charge in [0.2, 0.25) is 5.91 Å². The van der Waals surface area contributed by atoms with E-state index in [4.69, 9.17) is 11.6 Å². The van der Waals surface area contributed by atoms with E-state index in [-0.39, 0.29) is 29.2 Å². The molecule has 9 heteroatoms. The van der Waals surface area contributed by atoms with Gasteiger partial charge >= 0.3 is 6.29 Å². The van der Waals surface area contributed by atoms with Crippen molar-refractivity contribution in [2.24, 2.45) is 5.92 Å². The Morgan fingerprint density at radius 3 is 2.38 bits per heavy atom. The van der Waals surface area contributed by atoms with Crippen molar-refractivity contribution in [3.05, 3.63) is 53.1 Å². The number of carbonyl (C=O) groups is 2. The summed E-state index contributed by atoms with van der Waals surface area (Å²) in [6.45, 7) is 0.903. The van der Waals surface area contributed by atoms with Gasteiger partial charge in [0, 0.05) is 41.3 Å². The number of nitrogens with one attached hydrogen (secondary N) is 1. The molecule has 6 nitrogen and oxygen atoms in total. The normalized spacial score (nSPS) is 17.8. The molecule has 2 amide bonds. The molecule has 0 aromatic heterocycles. The molecule has 29 heavy (non-hydrogen) atoms. The van der Waals surface area contributed by atoms with Crippen molar-refractivity contribution in [3.63, 3.8) is 0 Å². The Labute approximate surface area is 170 Å². The van der Waals surface area contributed by atoms with Gasteiger partial charge in [-0.1, -0.05) is 11.6 Å². The number of alkyl halides is 2.